The lowest BCUT2D eigenvalue weighted by atomic mass is 9.95. The van der Waals surface area contributed by atoms with Crippen molar-refractivity contribution in [2.75, 3.05) is 11.5 Å². The first kappa shape index (κ1) is 29.3. The molecule has 43 heavy (non-hydrogen) atoms. The molecule has 1 unspecified atom stereocenters. The highest BCUT2D eigenvalue weighted by molar-refractivity contribution is 7.17. The Morgan fingerprint density at radius 3 is 2.42 bits per heavy atom. The fourth-order valence-corrected chi connectivity index (χ4v) is 5.66. The van der Waals surface area contributed by atoms with E-state index < -0.39 is 23.7 Å². The van der Waals surface area contributed by atoms with Gasteiger partial charge in [-0.1, -0.05) is 60.4 Å². The molecule has 0 aliphatic carbocycles. The molecule has 10 heteroatoms. The number of benzene rings is 3. The van der Waals surface area contributed by atoms with Crippen LogP contribution >= 0.6 is 11.3 Å². The van der Waals surface area contributed by atoms with Crippen LogP contribution in [-0.2, 0) is 20.9 Å². The maximum atomic E-state index is 13.5. The number of aliphatic hydroxyl groups is 1. The van der Waals surface area contributed by atoms with Crippen molar-refractivity contribution in [3.63, 3.8) is 0 Å². The molecule has 0 radical (unpaired) electrons. The number of rotatable bonds is 9. The van der Waals surface area contributed by atoms with Crippen LogP contribution in [0.2, 0.25) is 0 Å². The molecule has 1 atom stereocenters. The Kier molecular flexibility index (Phi) is 8.40. The van der Waals surface area contributed by atoms with E-state index in [1.807, 2.05) is 31.2 Å². The highest BCUT2D eigenvalue weighted by Gasteiger charge is 2.48. The summed E-state index contributed by atoms with van der Waals surface area (Å²) in [5.41, 5.74) is 3.05. The van der Waals surface area contributed by atoms with Crippen molar-refractivity contribution < 1.29 is 34.1 Å². The molecule has 2 N–H and O–H groups in total. The molecule has 1 aromatic heterocycles. The average molecular weight is 597 g/mol. The first-order valence-corrected chi connectivity index (χ1v) is 14.1. The van der Waals surface area contributed by atoms with Crippen molar-refractivity contribution in [1.29, 1.82) is 0 Å². The van der Waals surface area contributed by atoms with Gasteiger partial charge in [0.1, 0.15) is 35.3 Å². The van der Waals surface area contributed by atoms with E-state index in [4.69, 9.17) is 9.47 Å². The molecule has 9 nitrogen and oxygen atoms in total. The number of hydrogen-bond acceptors (Lipinski definition) is 9. The number of nitrogens with zero attached hydrogens (tertiary/aromatic N) is 2. The van der Waals surface area contributed by atoms with Gasteiger partial charge in [-0.15, -0.1) is 0 Å². The van der Waals surface area contributed by atoms with Crippen LogP contribution in [-0.4, -0.2) is 39.5 Å². The summed E-state index contributed by atoms with van der Waals surface area (Å²) in [5, 5.41) is 21.4. The second kappa shape index (κ2) is 12.3. The summed E-state index contributed by atoms with van der Waals surface area (Å²) in [6.07, 6.45) is 1.43. The van der Waals surface area contributed by atoms with Crippen LogP contribution in [0.1, 0.15) is 43.7 Å². The van der Waals surface area contributed by atoms with Gasteiger partial charge in [-0.3, -0.25) is 14.5 Å². The highest BCUT2D eigenvalue weighted by Crippen LogP contribution is 2.44. The number of aromatic nitrogens is 1. The van der Waals surface area contributed by atoms with E-state index in [1.54, 1.807) is 43.3 Å². The zero-order chi connectivity index (χ0) is 30.7. The molecule has 2 heterocycles. The lowest BCUT2D eigenvalue weighted by Gasteiger charge is -2.23. The minimum Gasteiger partial charge on any atom is -0.508 e. The van der Waals surface area contributed by atoms with Crippen LogP contribution < -0.4 is 9.64 Å². The molecule has 0 saturated carbocycles. The number of hydrogen-bond donors (Lipinski definition) is 2. The number of esters is 1. The molecular weight excluding hydrogens is 568 g/mol. The molecule has 4 aromatic rings. The van der Waals surface area contributed by atoms with E-state index in [2.05, 4.69) is 11.6 Å². The Bertz CT molecular complexity index is 1740. The van der Waals surface area contributed by atoms with Crippen molar-refractivity contribution in [3.05, 3.63) is 124 Å². The van der Waals surface area contributed by atoms with Gasteiger partial charge in [-0.05, 0) is 66.9 Å². The molecule has 0 spiro atoms. The normalized spacial score (nSPS) is 15.9. The molecule has 1 aliphatic rings. The maximum absolute atomic E-state index is 13.5. The quantitative estimate of drug-likeness (QED) is 0.0791. The topological polar surface area (TPSA) is 126 Å². The number of carbonyl (C=O) groups is 3. The molecule has 218 valence electrons. The Labute approximate surface area is 252 Å². The van der Waals surface area contributed by atoms with Crippen LogP contribution in [0, 0.1) is 13.8 Å². The van der Waals surface area contributed by atoms with Crippen molar-refractivity contribution in [2.24, 2.45) is 0 Å². The number of thiazole rings is 1. The van der Waals surface area contributed by atoms with Crippen molar-refractivity contribution >= 4 is 39.9 Å². The second-order valence-corrected chi connectivity index (χ2v) is 10.8. The SMILES string of the molecule is C=CCOC(=O)c1sc(N2C(=O)C(=O)/C(=C(/O)c3ccc(OCc4ccccc4C)cc3)C2c2ccc(O)cc2)nc1C. The van der Waals surface area contributed by atoms with E-state index >= 15 is 0 Å². The molecule has 0 bridgehead atoms. The monoisotopic (exact) mass is 596 g/mol. The first-order valence-electron chi connectivity index (χ1n) is 13.3. The number of aryl methyl sites for hydroxylation is 2. The number of aromatic hydroxyl groups is 1. The third kappa shape index (κ3) is 5.91. The van der Waals surface area contributed by atoms with Gasteiger partial charge in [0.25, 0.3) is 5.78 Å². The van der Waals surface area contributed by atoms with Crippen molar-refractivity contribution in [3.8, 4) is 11.5 Å². The van der Waals surface area contributed by atoms with Crippen LogP contribution in [0.25, 0.3) is 5.76 Å². The zero-order valence-electron chi connectivity index (χ0n) is 23.4. The molecule has 1 fully saturated rings. The Morgan fingerprint density at radius 2 is 1.74 bits per heavy atom. The highest BCUT2D eigenvalue weighted by atomic mass is 32.1. The van der Waals surface area contributed by atoms with Gasteiger partial charge in [0.2, 0.25) is 0 Å². The van der Waals surface area contributed by atoms with E-state index in [-0.39, 0.29) is 33.7 Å². The molecule has 3 aromatic carbocycles. The molecule has 1 saturated heterocycles. The third-order valence-corrected chi connectivity index (χ3v) is 8.08. The number of Topliss-reactive ketones (excluding diaryl/α,β-unsaturated/α-hetero) is 1. The standard InChI is InChI=1S/C33H28N2O7S/c1-4-17-41-32(40)30-20(3)34-33(43-30)35-27(21-9-13-24(36)14-10-21)26(29(38)31(35)39)28(37)22-11-15-25(16-12-22)42-18-23-8-6-5-7-19(23)2/h4-16,27,36-37H,1,17-18H2,2-3H3/b28-26+. The number of ketones is 1. The Morgan fingerprint density at radius 1 is 1.05 bits per heavy atom. The summed E-state index contributed by atoms with van der Waals surface area (Å²) >= 11 is 0.902. The first-order chi connectivity index (χ1) is 20.7. The summed E-state index contributed by atoms with van der Waals surface area (Å²) in [7, 11) is 0. The summed E-state index contributed by atoms with van der Waals surface area (Å²) < 4.78 is 11.0. The van der Waals surface area contributed by atoms with Gasteiger partial charge in [0.15, 0.2) is 5.13 Å². The number of phenolic OH excluding ortho intramolecular Hbond substituents is 1. The van der Waals surface area contributed by atoms with Gasteiger partial charge in [0.05, 0.1) is 17.3 Å². The number of ether oxygens (including phenoxy) is 2. The second-order valence-electron chi connectivity index (χ2n) is 9.80. The van der Waals surface area contributed by atoms with E-state index in [9.17, 15) is 24.6 Å². The van der Waals surface area contributed by atoms with Crippen molar-refractivity contribution in [1.82, 2.24) is 4.98 Å². The van der Waals surface area contributed by atoms with Crippen molar-refractivity contribution in [2.45, 2.75) is 26.5 Å². The van der Waals surface area contributed by atoms with Crippen LogP contribution in [0.3, 0.4) is 0 Å². The van der Waals surface area contributed by atoms with Crippen LogP contribution in [0.4, 0.5) is 5.13 Å². The lowest BCUT2D eigenvalue weighted by molar-refractivity contribution is -0.132. The van der Waals surface area contributed by atoms with Gasteiger partial charge in [0, 0.05) is 5.56 Å². The number of phenols is 1. The predicted molar refractivity (Wildman–Crippen MR) is 162 cm³/mol. The summed E-state index contributed by atoms with van der Waals surface area (Å²) in [4.78, 5) is 45.2. The molecule has 5 rings (SSSR count). The van der Waals surface area contributed by atoms with Crippen LogP contribution in [0.5, 0.6) is 11.5 Å². The van der Waals surface area contributed by atoms with Gasteiger partial charge < -0.3 is 19.7 Å². The minimum atomic E-state index is -1.08. The van der Waals surface area contributed by atoms with E-state index in [0.29, 0.717) is 29.2 Å². The van der Waals surface area contributed by atoms with Gasteiger partial charge in [-0.2, -0.15) is 0 Å². The number of carbonyl (C=O) groups excluding carboxylic acids is 3. The molecule has 1 aliphatic heterocycles. The third-order valence-electron chi connectivity index (χ3n) is 6.95. The van der Waals surface area contributed by atoms with Gasteiger partial charge in [-0.25, -0.2) is 9.78 Å². The maximum Gasteiger partial charge on any atom is 0.350 e. The number of amides is 1. The summed E-state index contributed by atoms with van der Waals surface area (Å²) in [5.74, 6) is -2.31. The summed E-state index contributed by atoms with van der Waals surface area (Å²) in [6.45, 7) is 7.49. The molecular formula is C33H28N2O7S. The number of aliphatic hydroxyl groups excluding tert-OH is 1. The smallest absolute Gasteiger partial charge is 0.350 e. The largest absolute Gasteiger partial charge is 0.508 e. The van der Waals surface area contributed by atoms with Gasteiger partial charge >= 0.3 is 11.9 Å². The lowest BCUT2D eigenvalue weighted by Crippen LogP contribution is -2.29. The fraction of sp³-hybridized carbons (Fsp3) is 0.152. The predicted octanol–water partition coefficient (Wildman–Crippen LogP) is 6.01. The van der Waals surface area contributed by atoms with E-state index in [0.717, 1.165) is 27.4 Å². The van der Waals surface area contributed by atoms with E-state index in [1.165, 1.54) is 18.2 Å². The van der Waals surface area contributed by atoms with Crippen LogP contribution in [0.15, 0.2) is 91.0 Å². The summed E-state index contributed by atoms with van der Waals surface area (Å²) in [6, 6.07) is 19.3. The minimum absolute atomic E-state index is 0.000739. The zero-order valence-corrected chi connectivity index (χ0v) is 24.3. The Hall–Kier alpha value is -5.22. The fourth-order valence-electron chi connectivity index (χ4n) is 4.67. The number of anilines is 1. The molecule has 1 amide bonds. The Balaban J connectivity index is 1.52. The average Bonchev–Trinajstić information content (AvgIpc) is 3.52.